The predicted molar refractivity (Wildman–Crippen MR) is 82.2 cm³/mol. The Bertz CT molecular complexity index is 700. The van der Waals surface area contributed by atoms with Crippen LogP contribution in [0.15, 0.2) is 24.4 Å². The molecule has 0 aliphatic rings. The molecule has 102 valence electrons. The van der Waals surface area contributed by atoms with Crippen LogP contribution in [0, 0.1) is 18.8 Å². The lowest BCUT2D eigenvalue weighted by Gasteiger charge is -2.06. The Hall–Kier alpha value is -1.87. The third-order valence-electron chi connectivity index (χ3n) is 2.40. The second kappa shape index (κ2) is 6.53. The lowest BCUT2D eigenvalue weighted by atomic mass is 10.2. The molecule has 2 rings (SSSR count). The standard InChI is InChI=1S/C14H12ClN3OS/c1-9-17-8-13(20-9)14(19)18-12-7-11(15)5-4-10(12)3-2-6-16/h4-5,7-8H,6,16H2,1H3,(H,18,19). The van der Waals surface area contributed by atoms with Gasteiger partial charge < -0.3 is 11.1 Å². The number of amides is 1. The number of carbonyl (C=O) groups excluding carboxylic acids is 1. The number of nitrogens with two attached hydrogens (primary N) is 1. The minimum atomic E-state index is -0.228. The molecule has 0 spiro atoms. The van der Waals surface area contributed by atoms with Gasteiger partial charge in [0.1, 0.15) is 4.88 Å². The molecule has 0 unspecified atom stereocenters. The molecular weight excluding hydrogens is 294 g/mol. The SMILES string of the molecule is Cc1ncc(C(=O)Nc2cc(Cl)ccc2C#CCN)s1. The first-order valence-electron chi connectivity index (χ1n) is 5.82. The Labute approximate surface area is 126 Å². The predicted octanol–water partition coefficient (Wildman–Crippen LogP) is 2.67. The molecule has 1 amide bonds. The van der Waals surface area contributed by atoms with Gasteiger partial charge in [-0.15, -0.1) is 11.3 Å². The number of hydrogen-bond acceptors (Lipinski definition) is 4. The van der Waals surface area contributed by atoms with E-state index in [0.717, 1.165) is 5.01 Å². The van der Waals surface area contributed by atoms with Gasteiger partial charge in [0.2, 0.25) is 0 Å². The summed E-state index contributed by atoms with van der Waals surface area (Å²) >= 11 is 7.28. The monoisotopic (exact) mass is 305 g/mol. The smallest absolute Gasteiger partial charge is 0.267 e. The first kappa shape index (κ1) is 14.5. The maximum atomic E-state index is 12.1. The molecule has 0 radical (unpaired) electrons. The van der Waals surface area contributed by atoms with Gasteiger partial charge in [-0.2, -0.15) is 0 Å². The number of halogens is 1. The first-order valence-corrected chi connectivity index (χ1v) is 7.02. The van der Waals surface area contributed by atoms with Crippen LogP contribution in [0.3, 0.4) is 0 Å². The lowest BCUT2D eigenvalue weighted by Crippen LogP contribution is -2.11. The number of anilines is 1. The van der Waals surface area contributed by atoms with Crippen LogP contribution in [0.1, 0.15) is 20.2 Å². The van der Waals surface area contributed by atoms with Crippen molar-refractivity contribution in [3.63, 3.8) is 0 Å². The van der Waals surface area contributed by atoms with Crippen molar-refractivity contribution in [3.05, 3.63) is 44.9 Å². The molecule has 0 aliphatic carbocycles. The van der Waals surface area contributed by atoms with Crippen LogP contribution in [0.4, 0.5) is 5.69 Å². The summed E-state index contributed by atoms with van der Waals surface area (Å²) < 4.78 is 0. The fraction of sp³-hybridized carbons (Fsp3) is 0.143. The van der Waals surface area contributed by atoms with E-state index in [9.17, 15) is 4.79 Å². The van der Waals surface area contributed by atoms with Gasteiger partial charge in [0.15, 0.2) is 0 Å². The average molecular weight is 306 g/mol. The molecule has 0 atom stereocenters. The molecule has 0 bridgehead atoms. The Balaban J connectivity index is 2.28. The molecule has 1 aromatic carbocycles. The molecule has 0 saturated heterocycles. The summed E-state index contributed by atoms with van der Waals surface area (Å²) in [5.41, 5.74) is 6.60. The normalized spacial score (nSPS) is 9.75. The van der Waals surface area contributed by atoms with Crippen molar-refractivity contribution in [2.24, 2.45) is 5.73 Å². The Kier molecular flexibility index (Phi) is 4.74. The van der Waals surface area contributed by atoms with Crippen LogP contribution in [-0.2, 0) is 0 Å². The molecule has 0 saturated carbocycles. The number of benzene rings is 1. The van der Waals surface area contributed by atoms with E-state index in [1.165, 1.54) is 11.3 Å². The number of aryl methyl sites for hydroxylation is 1. The van der Waals surface area contributed by atoms with E-state index < -0.39 is 0 Å². The number of rotatable bonds is 2. The maximum absolute atomic E-state index is 12.1. The van der Waals surface area contributed by atoms with Gasteiger partial charge in [-0.05, 0) is 25.1 Å². The van der Waals surface area contributed by atoms with Crippen molar-refractivity contribution in [3.8, 4) is 11.8 Å². The zero-order valence-corrected chi connectivity index (χ0v) is 12.3. The molecule has 4 nitrogen and oxygen atoms in total. The van der Waals surface area contributed by atoms with E-state index in [0.29, 0.717) is 21.2 Å². The van der Waals surface area contributed by atoms with Gasteiger partial charge in [0.25, 0.3) is 5.91 Å². The second-order valence-corrected chi connectivity index (χ2v) is 5.56. The van der Waals surface area contributed by atoms with Gasteiger partial charge >= 0.3 is 0 Å². The van der Waals surface area contributed by atoms with E-state index in [1.54, 1.807) is 24.4 Å². The summed E-state index contributed by atoms with van der Waals surface area (Å²) in [5, 5.41) is 4.16. The fourth-order valence-electron chi connectivity index (χ4n) is 1.53. The Morgan fingerprint density at radius 2 is 2.35 bits per heavy atom. The fourth-order valence-corrected chi connectivity index (χ4v) is 2.37. The zero-order chi connectivity index (χ0) is 14.5. The first-order chi connectivity index (χ1) is 9.60. The summed E-state index contributed by atoms with van der Waals surface area (Å²) in [6.07, 6.45) is 1.55. The third kappa shape index (κ3) is 3.58. The van der Waals surface area contributed by atoms with Gasteiger partial charge in [0, 0.05) is 10.6 Å². The maximum Gasteiger partial charge on any atom is 0.267 e. The topological polar surface area (TPSA) is 68.0 Å². The Morgan fingerprint density at radius 3 is 3.00 bits per heavy atom. The van der Waals surface area contributed by atoms with Crippen LogP contribution in [0.5, 0.6) is 0 Å². The molecule has 2 aromatic rings. The minimum absolute atomic E-state index is 0.228. The molecule has 20 heavy (non-hydrogen) atoms. The van der Waals surface area contributed by atoms with Crippen LogP contribution < -0.4 is 11.1 Å². The van der Waals surface area contributed by atoms with Crippen molar-refractivity contribution in [2.75, 3.05) is 11.9 Å². The van der Waals surface area contributed by atoms with E-state index in [2.05, 4.69) is 22.1 Å². The molecular formula is C14H12ClN3OS. The summed E-state index contributed by atoms with van der Waals surface area (Å²) in [5.74, 6) is 5.43. The van der Waals surface area contributed by atoms with Crippen molar-refractivity contribution >= 4 is 34.5 Å². The summed E-state index contributed by atoms with van der Waals surface area (Å²) in [6, 6.07) is 5.13. The Morgan fingerprint density at radius 1 is 1.55 bits per heavy atom. The highest BCUT2D eigenvalue weighted by Crippen LogP contribution is 2.22. The number of thiazole rings is 1. The molecule has 0 fully saturated rings. The summed E-state index contributed by atoms with van der Waals surface area (Å²) in [7, 11) is 0. The van der Waals surface area contributed by atoms with Crippen LogP contribution in [0.2, 0.25) is 5.02 Å². The van der Waals surface area contributed by atoms with Gasteiger partial charge in [0.05, 0.1) is 23.4 Å². The largest absolute Gasteiger partial charge is 0.320 e. The van der Waals surface area contributed by atoms with Crippen molar-refractivity contribution in [1.29, 1.82) is 0 Å². The van der Waals surface area contributed by atoms with Crippen molar-refractivity contribution < 1.29 is 4.79 Å². The zero-order valence-electron chi connectivity index (χ0n) is 10.7. The van der Waals surface area contributed by atoms with Crippen molar-refractivity contribution in [2.45, 2.75) is 6.92 Å². The number of hydrogen-bond donors (Lipinski definition) is 2. The van der Waals surface area contributed by atoms with Crippen molar-refractivity contribution in [1.82, 2.24) is 4.98 Å². The molecule has 1 aromatic heterocycles. The number of carbonyl (C=O) groups is 1. The quantitative estimate of drug-likeness (QED) is 0.838. The van der Waals surface area contributed by atoms with Gasteiger partial charge in [-0.3, -0.25) is 4.79 Å². The molecule has 6 heteroatoms. The summed E-state index contributed by atoms with van der Waals surface area (Å²) in [4.78, 5) is 16.7. The van der Waals surface area contributed by atoms with E-state index in [4.69, 9.17) is 17.3 Å². The highest BCUT2D eigenvalue weighted by atomic mass is 35.5. The highest BCUT2D eigenvalue weighted by molar-refractivity contribution is 7.13. The second-order valence-electron chi connectivity index (χ2n) is 3.89. The number of nitrogens with one attached hydrogen (secondary N) is 1. The van der Waals surface area contributed by atoms with Crippen LogP contribution >= 0.6 is 22.9 Å². The van der Waals surface area contributed by atoms with E-state index in [1.807, 2.05) is 6.92 Å². The lowest BCUT2D eigenvalue weighted by molar-refractivity contribution is 0.103. The molecule has 3 N–H and O–H groups in total. The minimum Gasteiger partial charge on any atom is -0.320 e. The highest BCUT2D eigenvalue weighted by Gasteiger charge is 2.11. The number of aromatic nitrogens is 1. The number of nitrogens with zero attached hydrogens (tertiary/aromatic N) is 1. The van der Waals surface area contributed by atoms with E-state index >= 15 is 0 Å². The van der Waals surface area contributed by atoms with Crippen LogP contribution in [0.25, 0.3) is 0 Å². The van der Waals surface area contributed by atoms with Gasteiger partial charge in [-0.25, -0.2) is 4.98 Å². The van der Waals surface area contributed by atoms with E-state index in [-0.39, 0.29) is 12.5 Å². The third-order valence-corrected chi connectivity index (χ3v) is 3.55. The molecule has 0 aliphatic heterocycles. The molecule has 1 heterocycles. The average Bonchev–Trinajstić information content (AvgIpc) is 2.85. The summed E-state index contributed by atoms with van der Waals surface area (Å²) in [6.45, 7) is 2.10. The van der Waals surface area contributed by atoms with Gasteiger partial charge in [-0.1, -0.05) is 23.4 Å². The van der Waals surface area contributed by atoms with Crippen LogP contribution in [-0.4, -0.2) is 17.4 Å².